The maximum Gasteiger partial charge on any atom is 0.250 e. The summed E-state index contributed by atoms with van der Waals surface area (Å²) in [6, 6.07) is 8.66. The molecule has 1 saturated carbocycles. The van der Waals surface area contributed by atoms with E-state index in [4.69, 9.17) is 9.47 Å². The molecule has 21 heavy (non-hydrogen) atoms. The average molecular weight is 281 g/mol. The summed E-state index contributed by atoms with van der Waals surface area (Å²) in [5.74, 6) is -1.17. The molecule has 0 aromatic heterocycles. The second kappa shape index (κ2) is 3.33. The smallest absolute Gasteiger partial charge is 0.250 e. The summed E-state index contributed by atoms with van der Waals surface area (Å²) in [5, 5.41) is 20.9. The van der Waals surface area contributed by atoms with Crippen molar-refractivity contribution in [2.24, 2.45) is 10.8 Å². The summed E-state index contributed by atoms with van der Waals surface area (Å²) in [5.41, 5.74) is -2.75. The molecule has 2 amide bonds. The fourth-order valence-corrected chi connectivity index (χ4v) is 3.39. The third kappa shape index (κ3) is 1.02. The van der Waals surface area contributed by atoms with Gasteiger partial charge in [-0.15, -0.1) is 0 Å². The fraction of sp³-hybridized carbons (Fsp3) is 0.286. The number of rotatable bonds is 1. The number of ether oxygens (including phenoxy) is 2. The van der Waals surface area contributed by atoms with E-state index < -0.39 is 28.6 Å². The fourth-order valence-electron chi connectivity index (χ4n) is 3.39. The zero-order valence-corrected chi connectivity index (χ0v) is 10.5. The molecular formula is C14H7N3O4. The average Bonchev–Trinajstić information content (AvgIpc) is 2.71. The van der Waals surface area contributed by atoms with Gasteiger partial charge in [-0.1, -0.05) is 6.07 Å². The summed E-state index contributed by atoms with van der Waals surface area (Å²) in [4.78, 5) is 24.0. The number of carbonyl (C=O) groups is 2. The minimum absolute atomic E-state index is 0.0929. The number of nitriles is 2. The second-order valence-corrected chi connectivity index (χ2v) is 5.17. The van der Waals surface area contributed by atoms with Gasteiger partial charge in [0.15, 0.2) is 22.3 Å². The molecule has 0 unspecified atom stereocenters. The van der Waals surface area contributed by atoms with E-state index in [0.29, 0.717) is 17.1 Å². The molecule has 102 valence electrons. The van der Waals surface area contributed by atoms with E-state index in [-0.39, 0.29) is 6.79 Å². The number of nitrogens with one attached hydrogen (secondary N) is 1. The highest BCUT2D eigenvalue weighted by Gasteiger charge is 2.90. The van der Waals surface area contributed by atoms with Crippen LogP contribution in [0.2, 0.25) is 0 Å². The number of piperidine rings is 1. The van der Waals surface area contributed by atoms with Crippen molar-refractivity contribution in [3.05, 3.63) is 23.8 Å². The van der Waals surface area contributed by atoms with Gasteiger partial charge in [-0.25, -0.2) is 0 Å². The number of amides is 2. The van der Waals surface area contributed by atoms with Gasteiger partial charge in [0.05, 0.1) is 12.1 Å². The van der Waals surface area contributed by atoms with Crippen molar-refractivity contribution < 1.29 is 19.1 Å². The Bertz CT molecular complexity index is 767. The van der Waals surface area contributed by atoms with Gasteiger partial charge in [0.1, 0.15) is 0 Å². The van der Waals surface area contributed by atoms with Gasteiger partial charge in [-0.2, -0.15) is 10.5 Å². The van der Waals surface area contributed by atoms with Crippen LogP contribution in [0, 0.1) is 33.5 Å². The van der Waals surface area contributed by atoms with Gasteiger partial charge in [0.2, 0.25) is 18.6 Å². The summed E-state index contributed by atoms with van der Waals surface area (Å²) in [6.07, 6.45) is 0. The Morgan fingerprint density at radius 1 is 1.10 bits per heavy atom. The summed E-state index contributed by atoms with van der Waals surface area (Å²) < 4.78 is 10.4. The van der Waals surface area contributed by atoms with Crippen LogP contribution in [0.25, 0.3) is 0 Å². The largest absolute Gasteiger partial charge is 0.454 e. The maximum absolute atomic E-state index is 12.0. The lowest BCUT2D eigenvalue weighted by Gasteiger charge is -2.08. The Morgan fingerprint density at radius 3 is 2.33 bits per heavy atom. The Hall–Kier alpha value is -3.06. The van der Waals surface area contributed by atoms with Crippen molar-refractivity contribution in [1.82, 2.24) is 5.32 Å². The Kier molecular flexibility index (Phi) is 1.86. The number of hydrogen-bond acceptors (Lipinski definition) is 6. The molecule has 4 rings (SSSR count). The molecule has 2 fully saturated rings. The predicted octanol–water partition coefficient (Wildman–Crippen LogP) is 0.189. The van der Waals surface area contributed by atoms with Gasteiger partial charge in [-0.05, 0) is 17.7 Å². The van der Waals surface area contributed by atoms with Crippen LogP contribution in [0.4, 0.5) is 0 Å². The third-order valence-corrected chi connectivity index (χ3v) is 4.43. The molecule has 0 spiro atoms. The number of benzene rings is 1. The number of nitrogens with zero attached hydrogens (tertiary/aromatic N) is 2. The SMILES string of the molecule is N#C[C@]12C(=O)NC(=O)[C@]1(C#N)C2c1ccc2c(c1)OCO2. The highest BCUT2D eigenvalue weighted by Crippen LogP contribution is 2.76. The Morgan fingerprint density at radius 2 is 1.71 bits per heavy atom. The van der Waals surface area contributed by atoms with Gasteiger partial charge < -0.3 is 9.47 Å². The topological polar surface area (TPSA) is 112 Å². The first-order chi connectivity index (χ1) is 10.1. The standard InChI is InChI=1S/C14H7N3O4/c15-4-13-10(14(13,5-16)12(19)17-11(13)18)7-1-2-8-9(3-7)21-6-20-8/h1-3,10H,6H2,(H,17,18,19)/t13-,14-/m0/s1. The Balaban J connectivity index is 1.88. The van der Waals surface area contributed by atoms with Crippen LogP contribution < -0.4 is 14.8 Å². The molecule has 2 atom stereocenters. The van der Waals surface area contributed by atoms with Crippen LogP contribution >= 0.6 is 0 Å². The van der Waals surface area contributed by atoms with E-state index in [1.807, 2.05) is 12.1 Å². The van der Waals surface area contributed by atoms with Crippen LogP contribution in [-0.2, 0) is 9.59 Å². The van der Waals surface area contributed by atoms with Crippen molar-refractivity contribution in [3.8, 4) is 23.6 Å². The molecule has 0 bridgehead atoms. The van der Waals surface area contributed by atoms with Gasteiger partial charge in [-0.3, -0.25) is 14.9 Å². The van der Waals surface area contributed by atoms with Gasteiger partial charge in [0.25, 0.3) is 0 Å². The molecule has 1 aliphatic carbocycles. The molecule has 1 N–H and O–H groups in total. The van der Waals surface area contributed by atoms with E-state index in [9.17, 15) is 20.1 Å². The summed E-state index contributed by atoms with van der Waals surface area (Å²) in [7, 11) is 0. The minimum atomic E-state index is -1.65. The zero-order valence-electron chi connectivity index (χ0n) is 10.5. The first-order valence-electron chi connectivity index (χ1n) is 6.20. The molecule has 7 heteroatoms. The first kappa shape index (κ1) is 11.7. The molecule has 2 heterocycles. The summed E-state index contributed by atoms with van der Waals surface area (Å²) >= 11 is 0. The zero-order chi connectivity index (χ0) is 14.8. The van der Waals surface area contributed by atoms with Gasteiger partial charge in [0, 0.05) is 5.92 Å². The molecule has 1 aromatic carbocycles. The normalized spacial score (nSPS) is 34.7. The monoisotopic (exact) mass is 281 g/mol. The van der Waals surface area contributed by atoms with Crippen molar-refractivity contribution >= 4 is 11.8 Å². The minimum Gasteiger partial charge on any atom is -0.454 e. The van der Waals surface area contributed by atoms with Crippen LogP contribution in [0.1, 0.15) is 11.5 Å². The molecule has 2 aliphatic heterocycles. The van der Waals surface area contributed by atoms with E-state index in [0.717, 1.165) is 0 Å². The van der Waals surface area contributed by atoms with Crippen molar-refractivity contribution in [1.29, 1.82) is 10.5 Å². The van der Waals surface area contributed by atoms with Crippen molar-refractivity contribution in [2.75, 3.05) is 6.79 Å². The van der Waals surface area contributed by atoms with E-state index in [2.05, 4.69) is 5.32 Å². The quantitative estimate of drug-likeness (QED) is 0.735. The number of fused-ring (bicyclic) bond motifs is 2. The highest BCUT2D eigenvalue weighted by molar-refractivity contribution is 6.19. The Labute approximate surface area is 118 Å². The maximum atomic E-state index is 12.0. The van der Waals surface area contributed by atoms with E-state index in [1.165, 1.54) is 0 Å². The lowest BCUT2D eigenvalue weighted by atomic mass is 9.98. The molecule has 3 aliphatic rings. The van der Waals surface area contributed by atoms with E-state index >= 15 is 0 Å². The van der Waals surface area contributed by atoms with Gasteiger partial charge >= 0.3 is 0 Å². The molecule has 1 aromatic rings. The van der Waals surface area contributed by atoms with Crippen molar-refractivity contribution in [2.45, 2.75) is 5.92 Å². The predicted molar refractivity (Wildman–Crippen MR) is 64.5 cm³/mol. The number of carbonyl (C=O) groups excluding carboxylic acids is 2. The molecule has 0 radical (unpaired) electrons. The van der Waals surface area contributed by atoms with Crippen LogP contribution in [0.15, 0.2) is 18.2 Å². The van der Waals surface area contributed by atoms with Crippen molar-refractivity contribution in [3.63, 3.8) is 0 Å². The molecule has 7 nitrogen and oxygen atoms in total. The number of hydrogen-bond donors (Lipinski definition) is 1. The van der Waals surface area contributed by atoms with Crippen LogP contribution in [0.5, 0.6) is 11.5 Å². The summed E-state index contributed by atoms with van der Waals surface area (Å²) in [6.45, 7) is 0.0929. The lowest BCUT2D eigenvalue weighted by Crippen LogP contribution is -2.31. The third-order valence-electron chi connectivity index (χ3n) is 4.43. The van der Waals surface area contributed by atoms with E-state index in [1.54, 1.807) is 18.2 Å². The number of imide groups is 1. The lowest BCUT2D eigenvalue weighted by molar-refractivity contribution is -0.128. The second-order valence-electron chi connectivity index (χ2n) is 5.17. The molecule has 1 saturated heterocycles. The van der Waals surface area contributed by atoms with Crippen LogP contribution in [0.3, 0.4) is 0 Å². The molecular weight excluding hydrogens is 274 g/mol. The first-order valence-corrected chi connectivity index (χ1v) is 6.20. The van der Waals surface area contributed by atoms with Crippen LogP contribution in [-0.4, -0.2) is 18.6 Å². The highest BCUT2D eigenvalue weighted by atomic mass is 16.7.